The number of rotatable bonds is 7. The highest BCUT2D eigenvalue weighted by atomic mass is 16.5. The topological polar surface area (TPSA) is 55.4 Å². The minimum Gasteiger partial charge on any atom is -0.492 e. The Morgan fingerprint density at radius 1 is 1.16 bits per heavy atom. The van der Waals surface area contributed by atoms with Crippen LogP contribution in [0, 0.1) is 20.8 Å². The molecule has 0 aliphatic heterocycles. The van der Waals surface area contributed by atoms with Gasteiger partial charge in [-0.3, -0.25) is 9.59 Å². The van der Waals surface area contributed by atoms with Crippen molar-refractivity contribution in [2.45, 2.75) is 34.1 Å². The van der Waals surface area contributed by atoms with Gasteiger partial charge in [0, 0.05) is 12.0 Å². The normalized spacial score (nSPS) is 10.4. The maximum atomic E-state index is 11.2. The molecular formula is C21H25NO3. The van der Waals surface area contributed by atoms with Crippen LogP contribution >= 0.6 is 0 Å². The van der Waals surface area contributed by atoms with E-state index in [0.29, 0.717) is 25.1 Å². The van der Waals surface area contributed by atoms with Gasteiger partial charge >= 0.3 is 0 Å². The second-order valence-electron chi connectivity index (χ2n) is 6.12. The van der Waals surface area contributed by atoms with Gasteiger partial charge in [0.15, 0.2) is 0 Å². The summed E-state index contributed by atoms with van der Waals surface area (Å²) >= 11 is 0. The molecule has 0 unspecified atom stereocenters. The van der Waals surface area contributed by atoms with Crippen LogP contribution < -0.4 is 10.1 Å². The van der Waals surface area contributed by atoms with Gasteiger partial charge in [0.1, 0.15) is 18.6 Å². The van der Waals surface area contributed by atoms with Gasteiger partial charge in [-0.1, -0.05) is 25.1 Å². The molecule has 1 N–H and O–H groups in total. The third kappa shape index (κ3) is 4.47. The zero-order chi connectivity index (χ0) is 18.4. The summed E-state index contributed by atoms with van der Waals surface area (Å²) in [5.41, 5.74) is 6.09. The first-order valence-electron chi connectivity index (χ1n) is 8.53. The molecule has 4 heteroatoms. The number of hydrogen-bond donors (Lipinski definition) is 1. The molecule has 0 radical (unpaired) electrons. The minimum atomic E-state index is 0.0249. The number of carbonyl (C=O) groups is 2. The molecule has 0 aliphatic carbocycles. The van der Waals surface area contributed by atoms with Crippen LogP contribution in [0.25, 0.3) is 11.1 Å². The predicted molar refractivity (Wildman–Crippen MR) is 100 cm³/mol. The van der Waals surface area contributed by atoms with Crippen molar-refractivity contribution in [2.75, 3.05) is 13.2 Å². The van der Waals surface area contributed by atoms with Crippen molar-refractivity contribution >= 4 is 12.2 Å². The Hall–Kier alpha value is -2.62. The van der Waals surface area contributed by atoms with Crippen molar-refractivity contribution in [3.05, 3.63) is 52.6 Å². The molecule has 132 valence electrons. The highest BCUT2D eigenvalue weighted by Gasteiger charge is 2.12. The van der Waals surface area contributed by atoms with Crippen LogP contribution in [0.4, 0.5) is 0 Å². The van der Waals surface area contributed by atoms with Crippen molar-refractivity contribution in [1.29, 1.82) is 0 Å². The van der Waals surface area contributed by atoms with Gasteiger partial charge in [-0.25, -0.2) is 0 Å². The number of amides is 1. The van der Waals surface area contributed by atoms with Crippen LogP contribution in [0.15, 0.2) is 30.3 Å². The van der Waals surface area contributed by atoms with E-state index in [9.17, 15) is 9.59 Å². The lowest BCUT2D eigenvalue weighted by Crippen LogP contribution is -2.27. The summed E-state index contributed by atoms with van der Waals surface area (Å²) in [5.74, 6) is 0.811. The Labute approximate surface area is 149 Å². The molecule has 0 atom stereocenters. The molecular weight excluding hydrogens is 314 g/mol. The van der Waals surface area contributed by atoms with Gasteiger partial charge in [0.2, 0.25) is 5.91 Å². The Kier molecular flexibility index (Phi) is 6.34. The summed E-state index contributed by atoms with van der Waals surface area (Å²) in [5, 5.41) is 2.79. The maximum absolute atomic E-state index is 11.2. The first-order valence-corrected chi connectivity index (χ1v) is 8.53. The Morgan fingerprint density at radius 3 is 2.44 bits per heavy atom. The van der Waals surface area contributed by atoms with Gasteiger partial charge in [-0.15, -0.1) is 0 Å². The Bertz CT molecular complexity index is 758. The van der Waals surface area contributed by atoms with Gasteiger partial charge in [-0.2, -0.15) is 0 Å². The molecule has 0 aliphatic rings. The van der Waals surface area contributed by atoms with Crippen LogP contribution in [0.2, 0.25) is 0 Å². The van der Waals surface area contributed by atoms with E-state index in [1.54, 1.807) is 0 Å². The van der Waals surface area contributed by atoms with Gasteiger partial charge in [0.25, 0.3) is 0 Å². The minimum absolute atomic E-state index is 0.0249. The lowest BCUT2D eigenvalue weighted by Gasteiger charge is -2.16. The van der Waals surface area contributed by atoms with E-state index >= 15 is 0 Å². The molecule has 1 amide bonds. The quantitative estimate of drug-likeness (QED) is 0.613. The van der Waals surface area contributed by atoms with Gasteiger partial charge in [0.05, 0.1) is 6.54 Å². The fourth-order valence-corrected chi connectivity index (χ4v) is 2.97. The average molecular weight is 339 g/mol. The first kappa shape index (κ1) is 18.7. The molecule has 0 bridgehead atoms. The number of carbonyl (C=O) groups excluding carboxylic acids is 2. The van der Waals surface area contributed by atoms with E-state index in [4.69, 9.17) is 4.74 Å². The zero-order valence-electron chi connectivity index (χ0n) is 15.3. The summed E-state index contributed by atoms with van der Waals surface area (Å²) in [6, 6.07) is 9.77. The summed E-state index contributed by atoms with van der Waals surface area (Å²) in [7, 11) is 0. The number of ether oxygens (including phenoxy) is 1. The SMILES string of the molecule is CCC(=O)NCCOc1cc(C)c(-c2cccc(C=O)c2C)c(C)c1. The van der Waals surface area contributed by atoms with E-state index in [2.05, 4.69) is 5.32 Å². The summed E-state index contributed by atoms with van der Waals surface area (Å²) < 4.78 is 5.76. The lowest BCUT2D eigenvalue weighted by molar-refractivity contribution is -0.120. The maximum Gasteiger partial charge on any atom is 0.219 e. The summed E-state index contributed by atoms with van der Waals surface area (Å²) in [6.45, 7) is 8.81. The molecule has 0 fully saturated rings. The van der Waals surface area contributed by atoms with Crippen LogP contribution in [0.3, 0.4) is 0 Å². The van der Waals surface area contributed by atoms with E-state index in [0.717, 1.165) is 39.9 Å². The number of aryl methyl sites for hydroxylation is 2. The third-order valence-electron chi connectivity index (χ3n) is 4.29. The van der Waals surface area contributed by atoms with Gasteiger partial charge < -0.3 is 10.1 Å². The largest absolute Gasteiger partial charge is 0.492 e. The molecule has 4 nitrogen and oxygen atoms in total. The fraction of sp³-hybridized carbons (Fsp3) is 0.333. The van der Waals surface area contributed by atoms with Gasteiger partial charge in [-0.05, 0) is 60.7 Å². The number of hydrogen-bond acceptors (Lipinski definition) is 3. The molecule has 0 saturated carbocycles. The van der Waals surface area contributed by atoms with E-state index in [1.807, 2.05) is 58.0 Å². The number of nitrogens with one attached hydrogen (secondary N) is 1. The summed E-state index contributed by atoms with van der Waals surface area (Å²) in [6.07, 6.45) is 1.37. The van der Waals surface area contributed by atoms with Crippen LogP contribution in [-0.2, 0) is 4.79 Å². The molecule has 2 aromatic rings. The monoisotopic (exact) mass is 339 g/mol. The molecule has 2 aromatic carbocycles. The molecule has 2 rings (SSSR count). The highest BCUT2D eigenvalue weighted by Crippen LogP contribution is 2.33. The van der Waals surface area contributed by atoms with Crippen LogP contribution in [-0.4, -0.2) is 25.3 Å². The molecule has 0 spiro atoms. The van der Waals surface area contributed by atoms with E-state index in [-0.39, 0.29) is 5.91 Å². The smallest absolute Gasteiger partial charge is 0.219 e. The van der Waals surface area contributed by atoms with Crippen molar-refractivity contribution in [1.82, 2.24) is 5.32 Å². The van der Waals surface area contributed by atoms with Crippen molar-refractivity contribution in [3.63, 3.8) is 0 Å². The molecule has 25 heavy (non-hydrogen) atoms. The average Bonchev–Trinajstić information content (AvgIpc) is 2.59. The van der Waals surface area contributed by atoms with Crippen LogP contribution in [0.1, 0.15) is 40.4 Å². The highest BCUT2D eigenvalue weighted by molar-refractivity contribution is 5.84. The summed E-state index contributed by atoms with van der Waals surface area (Å²) in [4.78, 5) is 22.4. The third-order valence-corrected chi connectivity index (χ3v) is 4.29. The van der Waals surface area contributed by atoms with E-state index in [1.165, 1.54) is 0 Å². The lowest BCUT2D eigenvalue weighted by atomic mass is 9.90. The fourth-order valence-electron chi connectivity index (χ4n) is 2.97. The Balaban J connectivity index is 2.21. The van der Waals surface area contributed by atoms with Crippen molar-refractivity contribution < 1.29 is 14.3 Å². The first-order chi connectivity index (χ1) is 12.0. The molecule has 0 saturated heterocycles. The molecule has 0 heterocycles. The second kappa shape index (κ2) is 8.47. The molecule has 0 aromatic heterocycles. The predicted octanol–water partition coefficient (Wildman–Crippen LogP) is 4.00. The van der Waals surface area contributed by atoms with Crippen LogP contribution in [0.5, 0.6) is 5.75 Å². The second-order valence-corrected chi connectivity index (χ2v) is 6.12. The van der Waals surface area contributed by atoms with E-state index < -0.39 is 0 Å². The van der Waals surface area contributed by atoms with Crippen molar-refractivity contribution in [2.24, 2.45) is 0 Å². The zero-order valence-corrected chi connectivity index (χ0v) is 15.3. The number of benzene rings is 2. The standard InChI is InChI=1S/C21H25NO3/c1-5-20(24)22-9-10-25-18-11-14(2)21(15(3)12-18)19-8-6-7-17(13-23)16(19)4/h6-8,11-13H,5,9-10H2,1-4H3,(H,22,24). The van der Waals surface area contributed by atoms with Crippen molar-refractivity contribution in [3.8, 4) is 16.9 Å². The number of aldehydes is 1. The Morgan fingerprint density at radius 2 is 1.84 bits per heavy atom.